The van der Waals surface area contributed by atoms with Crippen molar-refractivity contribution in [1.29, 1.82) is 0 Å². The third kappa shape index (κ3) is 3.25. The molecule has 3 rings (SSSR count). The van der Waals surface area contributed by atoms with Crippen LogP contribution >= 0.6 is 0 Å². The number of hydrogen-bond donors (Lipinski definition) is 1. The van der Waals surface area contributed by atoms with Crippen molar-refractivity contribution in [3.05, 3.63) is 60.2 Å². The van der Waals surface area contributed by atoms with Gasteiger partial charge in [0.05, 0.1) is 6.54 Å². The molecule has 0 bridgehead atoms. The Labute approximate surface area is 123 Å². The molecule has 106 valence electrons. The van der Waals surface area contributed by atoms with Gasteiger partial charge in [0, 0.05) is 6.54 Å². The van der Waals surface area contributed by atoms with Crippen molar-refractivity contribution >= 4 is 5.95 Å². The number of tetrazole rings is 1. The fourth-order valence-electron chi connectivity index (χ4n) is 2.07. The van der Waals surface area contributed by atoms with Crippen molar-refractivity contribution in [2.75, 3.05) is 5.32 Å². The summed E-state index contributed by atoms with van der Waals surface area (Å²) < 4.78 is 0. The van der Waals surface area contributed by atoms with Crippen LogP contribution in [0.2, 0.25) is 0 Å². The summed E-state index contributed by atoms with van der Waals surface area (Å²) in [5.74, 6) is 0.559. The first-order valence-electron chi connectivity index (χ1n) is 7.01. The van der Waals surface area contributed by atoms with Gasteiger partial charge in [0.1, 0.15) is 0 Å². The first kappa shape index (κ1) is 13.3. The van der Waals surface area contributed by atoms with Crippen molar-refractivity contribution in [2.24, 2.45) is 0 Å². The Hall–Kier alpha value is -2.69. The number of nitrogens with zero attached hydrogens (tertiary/aromatic N) is 4. The van der Waals surface area contributed by atoms with E-state index >= 15 is 0 Å². The van der Waals surface area contributed by atoms with Gasteiger partial charge in [-0.15, -0.1) is 5.10 Å². The molecule has 0 saturated carbocycles. The standard InChI is InChI=1S/C16H17N5/c1-2-21-19-16(18-20-21)17-12-13-8-10-15(11-9-13)14-6-4-3-5-7-14/h3-11H,2,12H2,1H3,(H,17,19). The van der Waals surface area contributed by atoms with Gasteiger partial charge in [0.15, 0.2) is 0 Å². The van der Waals surface area contributed by atoms with Gasteiger partial charge < -0.3 is 5.32 Å². The van der Waals surface area contributed by atoms with E-state index in [1.807, 2.05) is 25.1 Å². The normalized spacial score (nSPS) is 10.5. The average molecular weight is 279 g/mol. The molecule has 0 unspecified atom stereocenters. The van der Waals surface area contributed by atoms with E-state index < -0.39 is 0 Å². The molecule has 0 radical (unpaired) electrons. The molecule has 3 aromatic rings. The molecule has 1 heterocycles. The second kappa shape index (κ2) is 6.17. The summed E-state index contributed by atoms with van der Waals surface area (Å²) in [5.41, 5.74) is 3.63. The zero-order valence-electron chi connectivity index (χ0n) is 11.9. The smallest absolute Gasteiger partial charge is 0.263 e. The molecule has 0 fully saturated rings. The first-order chi connectivity index (χ1) is 10.3. The van der Waals surface area contributed by atoms with Gasteiger partial charge in [-0.05, 0) is 28.8 Å². The summed E-state index contributed by atoms with van der Waals surface area (Å²) in [6.07, 6.45) is 0. The second-order valence-corrected chi connectivity index (χ2v) is 4.72. The van der Waals surface area contributed by atoms with Gasteiger partial charge >= 0.3 is 0 Å². The maximum absolute atomic E-state index is 4.19. The summed E-state index contributed by atoms with van der Waals surface area (Å²) in [7, 11) is 0. The maximum atomic E-state index is 4.19. The van der Waals surface area contributed by atoms with Crippen molar-refractivity contribution in [3.63, 3.8) is 0 Å². The maximum Gasteiger partial charge on any atom is 0.263 e. The van der Waals surface area contributed by atoms with E-state index in [9.17, 15) is 0 Å². The second-order valence-electron chi connectivity index (χ2n) is 4.72. The molecule has 0 saturated heterocycles. The van der Waals surface area contributed by atoms with Crippen molar-refractivity contribution in [2.45, 2.75) is 20.0 Å². The van der Waals surface area contributed by atoms with Gasteiger partial charge in [0.2, 0.25) is 0 Å². The van der Waals surface area contributed by atoms with Crippen LogP contribution < -0.4 is 5.32 Å². The number of benzene rings is 2. The van der Waals surface area contributed by atoms with E-state index in [-0.39, 0.29) is 0 Å². The summed E-state index contributed by atoms with van der Waals surface area (Å²) in [6.45, 7) is 3.39. The third-order valence-electron chi connectivity index (χ3n) is 3.25. The molecule has 0 aliphatic rings. The van der Waals surface area contributed by atoms with E-state index in [1.54, 1.807) is 4.80 Å². The van der Waals surface area contributed by atoms with E-state index in [2.05, 4.69) is 57.1 Å². The quantitative estimate of drug-likeness (QED) is 0.780. The van der Waals surface area contributed by atoms with Crippen LogP contribution in [0.4, 0.5) is 5.95 Å². The van der Waals surface area contributed by atoms with Crippen LogP contribution in [0, 0.1) is 0 Å². The molecular weight excluding hydrogens is 262 g/mol. The highest BCUT2D eigenvalue weighted by atomic mass is 15.6. The number of nitrogens with one attached hydrogen (secondary N) is 1. The highest BCUT2D eigenvalue weighted by Gasteiger charge is 2.01. The molecule has 0 aliphatic heterocycles. The summed E-state index contributed by atoms with van der Waals surface area (Å²) >= 11 is 0. The highest BCUT2D eigenvalue weighted by Crippen LogP contribution is 2.19. The predicted molar refractivity (Wildman–Crippen MR) is 82.7 cm³/mol. The SMILES string of the molecule is CCn1nnc(NCc2ccc(-c3ccccc3)cc2)n1. The monoisotopic (exact) mass is 279 g/mol. The summed E-state index contributed by atoms with van der Waals surface area (Å²) in [6, 6.07) is 18.8. The van der Waals surface area contributed by atoms with Crippen LogP contribution in [0.3, 0.4) is 0 Å². The van der Waals surface area contributed by atoms with Gasteiger partial charge in [-0.3, -0.25) is 0 Å². The minimum absolute atomic E-state index is 0.559. The van der Waals surface area contributed by atoms with E-state index in [0.29, 0.717) is 12.5 Å². The third-order valence-corrected chi connectivity index (χ3v) is 3.25. The lowest BCUT2D eigenvalue weighted by molar-refractivity contribution is 0.552. The fourth-order valence-corrected chi connectivity index (χ4v) is 2.07. The van der Waals surface area contributed by atoms with Gasteiger partial charge in [-0.25, -0.2) is 0 Å². The molecule has 5 nitrogen and oxygen atoms in total. The predicted octanol–water partition coefficient (Wildman–Crippen LogP) is 2.97. The minimum atomic E-state index is 0.559. The topological polar surface area (TPSA) is 55.6 Å². The Morgan fingerprint density at radius 3 is 2.33 bits per heavy atom. The number of aromatic nitrogens is 4. The molecule has 1 N–H and O–H groups in total. The molecule has 21 heavy (non-hydrogen) atoms. The zero-order chi connectivity index (χ0) is 14.5. The lowest BCUT2D eigenvalue weighted by Crippen LogP contribution is -2.02. The number of aryl methyl sites for hydroxylation is 1. The Balaban J connectivity index is 1.64. The number of hydrogen-bond acceptors (Lipinski definition) is 4. The Morgan fingerprint density at radius 1 is 0.952 bits per heavy atom. The Bertz CT molecular complexity index is 688. The van der Waals surface area contributed by atoms with Crippen LogP contribution in [0.5, 0.6) is 0 Å². The van der Waals surface area contributed by atoms with E-state index in [1.165, 1.54) is 16.7 Å². The summed E-state index contributed by atoms with van der Waals surface area (Å²) in [5, 5.41) is 15.2. The molecule has 0 spiro atoms. The van der Waals surface area contributed by atoms with Crippen molar-refractivity contribution < 1.29 is 0 Å². The van der Waals surface area contributed by atoms with E-state index in [0.717, 1.165) is 6.54 Å². The molecule has 2 aromatic carbocycles. The van der Waals surface area contributed by atoms with Gasteiger partial charge in [-0.2, -0.15) is 4.80 Å². The van der Waals surface area contributed by atoms with Crippen molar-refractivity contribution in [3.8, 4) is 11.1 Å². The molecule has 0 atom stereocenters. The molecule has 1 aromatic heterocycles. The van der Waals surface area contributed by atoms with Gasteiger partial charge in [0.25, 0.3) is 5.95 Å². The van der Waals surface area contributed by atoms with Crippen molar-refractivity contribution in [1.82, 2.24) is 20.2 Å². The fraction of sp³-hybridized carbons (Fsp3) is 0.188. The van der Waals surface area contributed by atoms with Crippen LogP contribution in [0.25, 0.3) is 11.1 Å². The highest BCUT2D eigenvalue weighted by molar-refractivity contribution is 5.63. The van der Waals surface area contributed by atoms with Crippen LogP contribution in [-0.2, 0) is 13.1 Å². The largest absolute Gasteiger partial charge is 0.348 e. The molecule has 5 heteroatoms. The number of rotatable bonds is 5. The minimum Gasteiger partial charge on any atom is -0.348 e. The molecule has 0 amide bonds. The lowest BCUT2D eigenvalue weighted by Gasteiger charge is -2.05. The zero-order valence-corrected chi connectivity index (χ0v) is 11.9. The van der Waals surface area contributed by atoms with E-state index in [4.69, 9.17) is 0 Å². The molecular formula is C16H17N5. The average Bonchev–Trinajstić information content (AvgIpc) is 3.02. The van der Waals surface area contributed by atoms with Gasteiger partial charge in [-0.1, -0.05) is 59.7 Å². The van der Waals surface area contributed by atoms with Crippen LogP contribution in [0.15, 0.2) is 54.6 Å². The Kier molecular flexibility index (Phi) is 3.91. The molecule has 0 aliphatic carbocycles. The first-order valence-corrected chi connectivity index (χ1v) is 7.01. The summed E-state index contributed by atoms with van der Waals surface area (Å²) in [4.78, 5) is 1.56. The number of anilines is 1. The van der Waals surface area contributed by atoms with Crippen LogP contribution in [0.1, 0.15) is 12.5 Å². The van der Waals surface area contributed by atoms with Crippen LogP contribution in [-0.4, -0.2) is 20.2 Å². The lowest BCUT2D eigenvalue weighted by atomic mass is 10.0. The Morgan fingerprint density at radius 2 is 1.67 bits per heavy atom.